The zero-order chi connectivity index (χ0) is 12.5. The summed E-state index contributed by atoms with van der Waals surface area (Å²) in [6.45, 7) is 0. The lowest BCUT2D eigenvalue weighted by atomic mass is 10.3. The summed E-state index contributed by atoms with van der Waals surface area (Å²) in [7, 11) is 0. The van der Waals surface area contributed by atoms with E-state index in [0.717, 1.165) is 0 Å². The number of hydrogen-bond acceptors (Lipinski definition) is 5. The molecule has 0 aliphatic heterocycles. The molecule has 0 bridgehead atoms. The first kappa shape index (κ1) is 10.8. The fourth-order valence-corrected chi connectivity index (χ4v) is 2.48. The zero-order valence-corrected chi connectivity index (χ0v) is 9.90. The Morgan fingerprint density at radius 1 is 1.33 bits per heavy atom. The van der Waals surface area contributed by atoms with Crippen molar-refractivity contribution >= 4 is 27.8 Å². The summed E-state index contributed by atoms with van der Waals surface area (Å²) in [6, 6.07) is 6.91. The molecule has 0 atom stereocenters. The van der Waals surface area contributed by atoms with Crippen molar-refractivity contribution in [3.05, 3.63) is 45.7 Å². The fourth-order valence-electron chi connectivity index (χ4n) is 1.63. The van der Waals surface area contributed by atoms with E-state index in [2.05, 4.69) is 15.0 Å². The summed E-state index contributed by atoms with van der Waals surface area (Å²) < 4.78 is 0. The Bertz CT molecular complexity index is 777. The minimum absolute atomic E-state index is 0.259. The number of aldehydes is 1. The van der Waals surface area contributed by atoms with Crippen LogP contribution in [-0.2, 0) is 0 Å². The first-order valence-electron chi connectivity index (χ1n) is 5.18. The van der Waals surface area contributed by atoms with Crippen molar-refractivity contribution in [2.45, 2.75) is 0 Å². The molecule has 0 aliphatic carbocycles. The molecule has 5 nitrogen and oxygen atoms in total. The molecule has 3 rings (SSSR count). The Labute approximate surface area is 105 Å². The highest BCUT2D eigenvalue weighted by molar-refractivity contribution is 7.20. The monoisotopic (exact) mass is 257 g/mol. The van der Waals surface area contributed by atoms with Crippen LogP contribution in [0, 0.1) is 0 Å². The second-order valence-corrected chi connectivity index (χ2v) is 4.68. The predicted molar refractivity (Wildman–Crippen MR) is 68.9 cm³/mol. The van der Waals surface area contributed by atoms with Crippen LogP contribution in [0.2, 0.25) is 0 Å². The number of pyridine rings is 1. The summed E-state index contributed by atoms with van der Waals surface area (Å²) in [6.07, 6.45) is 2.34. The van der Waals surface area contributed by atoms with E-state index in [4.69, 9.17) is 0 Å². The highest BCUT2D eigenvalue weighted by Gasteiger charge is 2.09. The molecule has 3 heterocycles. The predicted octanol–water partition coefficient (Wildman–Crippen LogP) is 1.86. The van der Waals surface area contributed by atoms with Crippen molar-refractivity contribution < 1.29 is 4.79 Å². The van der Waals surface area contributed by atoms with Gasteiger partial charge in [0.25, 0.3) is 5.56 Å². The minimum Gasteiger partial charge on any atom is -0.305 e. The molecule has 0 amide bonds. The number of rotatable bonds is 2. The fraction of sp³-hybridized carbons (Fsp3) is 0. The van der Waals surface area contributed by atoms with Gasteiger partial charge in [-0.25, -0.2) is 4.98 Å². The van der Waals surface area contributed by atoms with Gasteiger partial charge in [-0.2, -0.15) is 0 Å². The van der Waals surface area contributed by atoms with Crippen LogP contribution in [-0.4, -0.2) is 21.2 Å². The molecule has 0 aromatic carbocycles. The number of nitrogens with one attached hydrogen (secondary N) is 1. The van der Waals surface area contributed by atoms with E-state index in [1.54, 1.807) is 24.4 Å². The number of fused-ring (bicyclic) bond motifs is 1. The van der Waals surface area contributed by atoms with E-state index < -0.39 is 0 Å². The summed E-state index contributed by atoms with van der Waals surface area (Å²) in [5, 5.41) is 0.432. The van der Waals surface area contributed by atoms with Gasteiger partial charge in [0, 0.05) is 6.20 Å². The molecule has 0 saturated carbocycles. The van der Waals surface area contributed by atoms with E-state index in [0.29, 0.717) is 32.9 Å². The molecule has 3 aromatic heterocycles. The van der Waals surface area contributed by atoms with E-state index >= 15 is 0 Å². The van der Waals surface area contributed by atoms with Gasteiger partial charge in [0.2, 0.25) is 0 Å². The summed E-state index contributed by atoms with van der Waals surface area (Å²) in [5.74, 6) is 0.410. The number of carbonyl (C=O) groups is 1. The van der Waals surface area contributed by atoms with E-state index in [-0.39, 0.29) is 5.56 Å². The smallest absolute Gasteiger partial charge is 0.259 e. The third kappa shape index (κ3) is 1.72. The van der Waals surface area contributed by atoms with Gasteiger partial charge in [-0.05, 0) is 18.2 Å². The number of thiophene rings is 1. The highest BCUT2D eigenvalue weighted by Crippen LogP contribution is 2.21. The third-order valence-corrected chi connectivity index (χ3v) is 3.40. The number of hydrogen-bond donors (Lipinski definition) is 1. The molecule has 0 saturated heterocycles. The lowest BCUT2D eigenvalue weighted by molar-refractivity contribution is 0.112. The Kier molecular flexibility index (Phi) is 2.49. The number of nitrogens with zero attached hydrogens (tertiary/aromatic N) is 2. The largest absolute Gasteiger partial charge is 0.305 e. The summed E-state index contributed by atoms with van der Waals surface area (Å²) >= 11 is 1.19. The van der Waals surface area contributed by atoms with Crippen molar-refractivity contribution in [2.75, 3.05) is 0 Å². The lowest BCUT2D eigenvalue weighted by Crippen LogP contribution is -2.08. The molecule has 6 heteroatoms. The highest BCUT2D eigenvalue weighted by atomic mass is 32.1. The van der Waals surface area contributed by atoms with Crippen molar-refractivity contribution in [3.63, 3.8) is 0 Å². The van der Waals surface area contributed by atoms with Crippen LogP contribution in [0.15, 0.2) is 35.3 Å². The summed E-state index contributed by atoms with van der Waals surface area (Å²) in [4.78, 5) is 34.7. The van der Waals surface area contributed by atoms with Gasteiger partial charge >= 0.3 is 0 Å². The van der Waals surface area contributed by atoms with Gasteiger partial charge < -0.3 is 4.98 Å². The van der Waals surface area contributed by atoms with E-state index in [1.807, 2.05) is 6.07 Å². The Hall–Kier alpha value is -2.34. The Morgan fingerprint density at radius 2 is 2.22 bits per heavy atom. The quantitative estimate of drug-likeness (QED) is 0.711. The van der Waals surface area contributed by atoms with Crippen LogP contribution in [0.25, 0.3) is 21.7 Å². The zero-order valence-electron chi connectivity index (χ0n) is 9.08. The van der Waals surface area contributed by atoms with Crippen LogP contribution in [0.5, 0.6) is 0 Å². The average Bonchev–Trinajstić information content (AvgIpc) is 2.83. The first-order valence-corrected chi connectivity index (χ1v) is 6.00. The second-order valence-electron chi connectivity index (χ2n) is 3.61. The van der Waals surface area contributed by atoms with Crippen molar-refractivity contribution in [2.24, 2.45) is 0 Å². The molecule has 88 valence electrons. The maximum Gasteiger partial charge on any atom is 0.259 e. The Morgan fingerprint density at radius 3 is 2.94 bits per heavy atom. The Balaban J connectivity index is 2.27. The summed E-state index contributed by atoms with van der Waals surface area (Å²) in [5.41, 5.74) is 0.336. The maximum absolute atomic E-state index is 11.9. The SMILES string of the molecule is O=Cc1cc2c(=O)[nH]c(-c3ccccn3)nc2s1. The van der Waals surface area contributed by atoms with Gasteiger partial charge in [0.05, 0.1) is 10.3 Å². The molecule has 3 aromatic rings. The number of H-pyrrole nitrogens is 1. The molecular weight excluding hydrogens is 250 g/mol. The van der Waals surface area contributed by atoms with Crippen LogP contribution in [0.4, 0.5) is 0 Å². The second kappa shape index (κ2) is 4.15. The van der Waals surface area contributed by atoms with Crippen molar-refractivity contribution in [1.82, 2.24) is 15.0 Å². The van der Waals surface area contributed by atoms with Gasteiger partial charge in [-0.15, -0.1) is 11.3 Å². The van der Waals surface area contributed by atoms with Gasteiger partial charge in [0.15, 0.2) is 12.1 Å². The molecule has 0 aliphatic rings. The number of carbonyl (C=O) groups excluding carboxylic acids is 1. The molecule has 0 fully saturated rings. The van der Waals surface area contributed by atoms with Crippen LogP contribution < -0.4 is 5.56 Å². The van der Waals surface area contributed by atoms with E-state index in [9.17, 15) is 9.59 Å². The van der Waals surface area contributed by atoms with E-state index in [1.165, 1.54) is 11.3 Å². The van der Waals surface area contributed by atoms with Gasteiger partial charge in [0.1, 0.15) is 10.5 Å². The number of aromatic nitrogens is 3. The first-order chi connectivity index (χ1) is 8.78. The van der Waals surface area contributed by atoms with Gasteiger partial charge in [-0.1, -0.05) is 6.07 Å². The van der Waals surface area contributed by atoms with Crippen LogP contribution in [0.1, 0.15) is 9.67 Å². The molecule has 0 unspecified atom stereocenters. The maximum atomic E-state index is 11.9. The minimum atomic E-state index is -0.259. The topological polar surface area (TPSA) is 75.7 Å². The molecular formula is C12H7N3O2S. The van der Waals surface area contributed by atoms with Crippen molar-refractivity contribution in [3.8, 4) is 11.5 Å². The average molecular weight is 257 g/mol. The molecule has 18 heavy (non-hydrogen) atoms. The van der Waals surface area contributed by atoms with Crippen LogP contribution in [0.3, 0.4) is 0 Å². The standard InChI is InChI=1S/C12H7N3O2S/c16-6-7-5-8-11(17)14-10(15-12(8)18-7)9-3-1-2-4-13-9/h1-6H,(H,14,15,17). The lowest BCUT2D eigenvalue weighted by Gasteiger charge is -1.98. The normalized spacial score (nSPS) is 10.7. The van der Waals surface area contributed by atoms with Crippen LogP contribution >= 0.6 is 11.3 Å². The molecule has 0 spiro atoms. The molecule has 1 N–H and O–H groups in total. The van der Waals surface area contributed by atoms with Crippen molar-refractivity contribution in [1.29, 1.82) is 0 Å². The molecule has 0 radical (unpaired) electrons. The number of aromatic amines is 1. The van der Waals surface area contributed by atoms with Gasteiger partial charge in [-0.3, -0.25) is 14.6 Å². The third-order valence-electron chi connectivity index (χ3n) is 2.45.